The molecule has 1 saturated carbocycles. The van der Waals surface area contributed by atoms with Crippen LogP contribution in [0, 0.1) is 9.49 Å². The maximum atomic E-state index is 4.87. The maximum Gasteiger partial charge on any atom is 0.143 e. The molecule has 1 aromatic heterocycles. The second kappa shape index (κ2) is 6.37. The zero-order chi connectivity index (χ0) is 14.0. The lowest BCUT2D eigenvalue weighted by Crippen LogP contribution is -2.11. The molecule has 2 atom stereocenters. The molecule has 1 N–H and O–H groups in total. The van der Waals surface area contributed by atoms with E-state index in [9.17, 15) is 0 Å². The largest absolute Gasteiger partial charge is 0.372 e. The second-order valence-electron chi connectivity index (χ2n) is 5.82. The molecule has 19 heavy (non-hydrogen) atoms. The van der Waals surface area contributed by atoms with Gasteiger partial charge in [0.05, 0.1) is 9.26 Å². The third-order valence-corrected chi connectivity index (χ3v) is 5.23. The van der Waals surface area contributed by atoms with Gasteiger partial charge in [-0.05, 0) is 53.7 Å². The molecule has 0 aromatic carbocycles. The Hall–Kier alpha value is -0.390. The fraction of sp³-hybridized carbons (Fsp3) is 0.733. The average molecular weight is 373 g/mol. The van der Waals surface area contributed by atoms with Gasteiger partial charge in [0.15, 0.2) is 0 Å². The van der Waals surface area contributed by atoms with Crippen molar-refractivity contribution in [1.29, 1.82) is 0 Å². The van der Waals surface area contributed by atoms with Gasteiger partial charge >= 0.3 is 0 Å². The monoisotopic (exact) mass is 373 g/mol. The van der Waals surface area contributed by atoms with Crippen molar-refractivity contribution >= 4 is 28.4 Å². The minimum absolute atomic E-state index is 0.448. The average Bonchev–Trinajstić information content (AvgIpc) is 2.87. The molecule has 1 aliphatic carbocycles. The van der Waals surface area contributed by atoms with Crippen molar-refractivity contribution in [3.63, 3.8) is 0 Å². The molecule has 2 rings (SSSR count). The van der Waals surface area contributed by atoms with E-state index in [1.165, 1.54) is 34.9 Å². The topological polar surface area (TPSA) is 37.8 Å². The molecule has 3 nitrogen and oxygen atoms in total. The molecule has 0 saturated heterocycles. The Bertz CT molecular complexity index is 445. The summed E-state index contributed by atoms with van der Waals surface area (Å²) in [7, 11) is 1.95. The quantitative estimate of drug-likeness (QED) is 0.788. The fourth-order valence-electron chi connectivity index (χ4n) is 2.89. The molecule has 2 unspecified atom stereocenters. The first-order valence-corrected chi connectivity index (χ1v) is 8.39. The first-order valence-electron chi connectivity index (χ1n) is 7.31. The summed E-state index contributed by atoms with van der Waals surface area (Å²) in [5.74, 6) is 3.93. The van der Waals surface area contributed by atoms with E-state index in [4.69, 9.17) is 9.97 Å². The molecule has 4 heteroatoms. The predicted octanol–water partition coefficient (Wildman–Crippen LogP) is 4.54. The van der Waals surface area contributed by atoms with Crippen molar-refractivity contribution in [3.05, 3.63) is 15.1 Å². The van der Waals surface area contributed by atoms with Gasteiger partial charge < -0.3 is 5.32 Å². The van der Waals surface area contributed by atoms with Crippen molar-refractivity contribution < 1.29 is 0 Å². The van der Waals surface area contributed by atoms with Crippen LogP contribution in [0.4, 0.5) is 5.82 Å². The van der Waals surface area contributed by atoms with Crippen LogP contribution in [0.15, 0.2) is 0 Å². The smallest absolute Gasteiger partial charge is 0.143 e. The van der Waals surface area contributed by atoms with Crippen LogP contribution < -0.4 is 5.32 Å². The number of nitrogens with zero attached hydrogens (tertiary/aromatic N) is 2. The van der Waals surface area contributed by atoms with Crippen molar-refractivity contribution in [3.8, 4) is 0 Å². The first-order chi connectivity index (χ1) is 9.06. The molecule has 106 valence electrons. The van der Waals surface area contributed by atoms with Gasteiger partial charge in [-0.25, -0.2) is 9.97 Å². The number of aromatic nitrogens is 2. The van der Waals surface area contributed by atoms with Crippen molar-refractivity contribution in [2.75, 3.05) is 12.4 Å². The lowest BCUT2D eigenvalue weighted by molar-refractivity contribution is 0.516. The van der Waals surface area contributed by atoms with Gasteiger partial charge in [0.25, 0.3) is 0 Å². The molecule has 0 aliphatic heterocycles. The molecule has 0 bridgehead atoms. The first kappa shape index (κ1) is 15.0. The number of anilines is 1. The van der Waals surface area contributed by atoms with Gasteiger partial charge in [-0.3, -0.25) is 0 Å². The van der Waals surface area contributed by atoms with E-state index in [0.29, 0.717) is 11.8 Å². The van der Waals surface area contributed by atoms with Crippen molar-refractivity contribution in [2.24, 2.45) is 5.92 Å². The Labute approximate surface area is 130 Å². The summed E-state index contributed by atoms with van der Waals surface area (Å²) >= 11 is 2.36. The van der Waals surface area contributed by atoms with Gasteiger partial charge in [0.2, 0.25) is 0 Å². The molecule has 0 amide bonds. The minimum Gasteiger partial charge on any atom is -0.372 e. The number of hydrogen-bond donors (Lipinski definition) is 1. The van der Waals surface area contributed by atoms with Crippen LogP contribution in [0.5, 0.6) is 0 Å². The summed E-state index contributed by atoms with van der Waals surface area (Å²) < 4.78 is 1.17. The highest BCUT2D eigenvalue weighted by atomic mass is 127. The van der Waals surface area contributed by atoms with E-state index in [0.717, 1.165) is 17.6 Å². The molecule has 0 spiro atoms. The van der Waals surface area contributed by atoms with Crippen LogP contribution in [-0.4, -0.2) is 17.0 Å². The van der Waals surface area contributed by atoms with Crippen LogP contribution in [0.2, 0.25) is 0 Å². The number of halogens is 1. The summed E-state index contributed by atoms with van der Waals surface area (Å²) in [5, 5.41) is 3.22. The second-order valence-corrected chi connectivity index (χ2v) is 6.90. The van der Waals surface area contributed by atoms with Crippen LogP contribution in [0.3, 0.4) is 0 Å². The Morgan fingerprint density at radius 1 is 1.32 bits per heavy atom. The van der Waals surface area contributed by atoms with E-state index in [2.05, 4.69) is 48.7 Å². The molecule has 1 aromatic rings. The van der Waals surface area contributed by atoms with Gasteiger partial charge in [-0.2, -0.15) is 0 Å². The third kappa shape index (κ3) is 3.20. The van der Waals surface area contributed by atoms with E-state index < -0.39 is 0 Å². The minimum atomic E-state index is 0.448. The number of nitrogens with one attached hydrogen (secondary N) is 1. The highest BCUT2D eigenvalue weighted by Gasteiger charge is 2.28. The SMILES string of the molecule is CCC1CCC(c2nc(NC)c(I)c(C(C)C)n2)C1. The predicted molar refractivity (Wildman–Crippen MR) is 88.8 cm³/mol. The normalized spacial score (nSPS) is 23.1. The standard InChI is InChI=1S/C15H24IN3/c1-5-10-6-7-11(8-10)14-18-13(9(2)3)12(16)15(17-4)19-14/h9-11H,5-8H2,1-4H3,(H,17,18,19). The summed E-state index contributed by atoms with van der Waals surface area (Å²) in [6.45, 7) is 6.70. The van der Waals surface area contributed by atoms with E-state index in [1.807, 2.05) is 7.05 Å². The summed E-state index contributed by atoms with van der Waals surface area (Å²) in [6.07, 6.45) is 5.14. The lowest BCUT2D eigenvalue weighted by atomic mass is 10.0. The van der Waals surface area contributed by atoms with E-state index in [1.54, 1.807) is 0 Å². The zero-order valence-corrected chi connectivity index (χ0v) is 14.5. The Morgan fingerprint density at radius 3 is 2.58 bits per heavy atom. The highest BCUT2D eigenvalue weighted by molar-refractivity contribution is 14.1. The van der Waals surface area contributed by atoms with Crippen LogP contribution in [-0.2, 0) is 0 Å². The van der Waals surface area contributed by atoms with E-state index in [-0.39, 0.29) is 0 Å². The molecular weight excluding hydrogens is 349 g/mol. The zero-order valence-electron chi connectivity index (χ0n) is 12.3. The van der Waals surface area contributed by atoms with Crippen molar-refractivity contribution in [2.45, 2.75) is 58.3 Å². The fourth-order valence-corrected chi connectivity index (χ4v) is 4.03. The molecule has 1 aliphatic rings. The van der Waals surface area contributed by atoms with Gasteiger partial charge in [0, 0.05) is 13.0 Å². The van der Waals surface area contributed by atoms with Gasteiger partial charge in [0.1, 0.15) is 11.6 Å². The molecular formula is C15H24IN3. The number of rotatable bonds is 4. The lowest BCUT2D eigenvalue weighted by Gasteiger charge is -2.16. The van der Waals surface area contributed by atoms with Crippen LogP contribution in [0.25, 0.3) is 0 Å². The van der Waals surface area contributed by atoms with E-state index >= 15 is 0 Å². The van der Waals surface area contributed by atoms with Crippen molar-refractivity contribution in [1.82, 2.24) is 9.97 Å². The van der Waals surface area contributed by atoms with Gasteiger partial charge in [-0.1, -0.05) is 27.2 Å². The van der Waals surface area contributed by atoms with Gasteiger partial charge in [-0.15, -0.1) is 0 Å². The summed E-state index contributed by atoms with van der Waals surface area (Å²) in [5.41, 5.74) is 1.19. The van der Waals surface area contributed by atoms with Crippen LogP contribution in [0.1, 0.15) is 69.8 Å². The summed E-state index contributed by atoms with van der Waals surface area (Å²) in [6, 6.07) is 0. The number of hydrogen-bond acceptors (Lipinski definition) is 3. The molecule has 0 radical (unpaired) electrons. The van der Waals surface area contributed by atoms with Crippen LogP contribution >= 0.6 is 22.6 Å². The third-order valence-electron chi connectivity index (χ3n) is 4.16. The Morgan fingerprint density at radius 2 is 2.05 bits per heavy atom. The molecule has 1 fully saturated rings. The Balaban J connectivity index is 2.33. The molecule has 1 heterocycles. The maximum absolute atomic E-state index is 4.87. The highest BCUT2D eigenvalue weighted by Crippen LogP contribution is 2.39. The Kier molecular flexibility index (Phi) is 5.03. The summed E-state index contributed by atoms with van der Waals surface area (Å²) in [4.78, 5) is 9.63.